The largest absolute Gasteiger partial charge is 0.495 e. The van der Waals surface area contributed by atoms with E-state index in [4.69, 9.17) is 17.0 Å². The van der Waals surface area contributed by atoms with Gasteiger partial charge in [-0.15, -0.1) is 0 Å². The molecule has 5 rings (SSSR count). The number of anilines is 1. The van der Waals surface area contributed by atoms with Crippen molar-refractivity contribution in [1.29, 1.82) is 0 Å². The standard InChI is InChI=1S/C25H22N4OS/c1-30-22-15-6-5-13-20(22)29-24(23(27-25(29)31)19-12-7-8-16-26-19)21-14-9-17-28(21)18-10-3-2-4-11-18/h2-17,23-24H,1H3,(H,27,31)/t23-,24+/m0/s1. The lowest BCUT2D eigenvalue weighted by atomic mass is 10.0. The topological polar surface area (TPSA) is 42.3 Å². The molecule has 2 aromatic carbocycles. The van der Waals surface area contributed by atoms with E-state index in [0.717, 1.165) is 28.5 Å². The minimum absolute atomic E-state index is 0.115. The van der Waals surface area contributed by atoms with Crippen molar-refractivity contribution >= 4 is 23.0 Å². The second-order valence-corrected chi connectivity index (χ2v) is 7.69. The number of pyridine rings is 1. The Balaban J connectivity index is 1.69. The van der Waals surface area contributed by atoms with Gasteiger partial charge in [-0.3, -0.25) is 4.98 Å². The Hall–Kier alpha value is -3.64. The molecule has 1 N–H and O–H groups in total. The van der Waals surface area contributed by atoms with Crippen LogP contribution in [0, 0.1) is 0 Å². The zero-order chi connectivity index (χ0) is 21.2. The Kier molecular flexibility index (Phi) is 5.14. The minimum atomic E-state index is -0.117. The van der Waals surface area contributed by atoms with Gasteiger partial charge in [0, 0.05) is 23.8 Å². The van der Waals surface area contributed by atoms with E-state index in [2.05, 4.69) is 50.2 Å². The summed E-state index contributed by atoms with van der Waals surface area (Å²) in [6.45, 7) is 0. The molecule has 4 aromatic rings. The Bertz CT molecular complexity index is 1190. The van der Waals surface area contributed by atoms with E-state index in [1.54, 1.807) is 7.11 Å². The summed E-state index contributed by atoms with van der Waals surface area (Å²) in [6.07, 6.45) is 3.90. The minimum Gasteiger partial charge on any atom is -0.495 e. The number of para-hydroxylation sites is 3. The maximum absolute atomic E-state index is 5.84. The van der Waals surface area contributed by atoms with E-state index in [9.17, 15) is 0 Å². The van der Waals surface area contributed by atoms with Crippen LogP contribution in [0.5, 0.6) is 5.75 Å². The maximum Gasteiger partial charge on any atom is 0.174 e. The third-order valence-corrected chi connectivity index (χ3v) is 5.88. The summed E-state index contributed by atoms with van der Waals surface area (Å²) in [7, 11) is 1.68. The summed E-state index contributed by atoms with van der Waals surface area (Å²) in [5.41, 5.74) is 4.07. The predicted octanol–water partition coefficient (Wildman–Crippen LogP) is 5.06. The molecule has 0 radical (unpaired) electrons. The molecule has 3 heterocycles. The molecule has 31 heavy (non-hydrogen) atoms. The summed E-state index contributed by atoms with van der Waals surface area (Å²) in [5.74, 6) is 0.774. The molecular formula is C25H22N4OS. The van der Waals surface area contributed by atoms with Gasteiger partial charge in [0.1, 0.15) is 11.8 Å². The fourth-order valence-electron chi connectivity index (χ4n) is 4.20. The first kappa shape index (κ1) is 19.3. The lowest BCUT2D eigenvalue weighted by Gasteiger charge is -2.29. The van der Waals surface area contributed by atoms with Crippen molar-refractivity contribution < 1.29 is 4.74 Å². The van der Waals surface area contributed by atoms with Crippen molar-refractivity contribution in [3.8, 4) is 11.4 Å². The number of rotatable bonds is 5. The summed E-state index contributed by atoms with van der Waals surface area (Å²) in [4.78, 5) is 6.78. The number of hydrogen-bond donors (Lipinski definition) is 1. The molecular weight excluding hydrogens is 404 g/mol. The van der Waals surface area contributed by atoms with E-state index in [0.29, 0.717) is 5.11 Å². The number of ether oxygens (including phenoxy) is 1. The van der Waals surface area contributed by atoms with E-state index in [1.807, 2.05) is 66.9 Å². The number of hydrogen-bond acceptors (Lipinski definition) is 3. The summed E-state index contributed by atoms with van der Waals surface area (Å²) in [6, 6.07) is 28.2. The van der Waals surface area contributed by atoms with Crippen LogP contribution in [0.2, 0.25) is 0 Å². The molecule has 0 aliphatic carbocycles. The monoisotopic (exact) mass is 426 g/mol. The van der Waals surface area contributed by atoms with Crippen molar-refractivity contribution in [3.05, 3.63) is 109 Å². The molecule has 5 nitrogen and oxygen atoms in total. The maximum atomic E-state index is 5.84. The number of thiocarbonyl (C=S) groups is 1. The summed E-state index contributed by atoms with van der Waals surface area (Å²) < 4.78 is 7.88. The number of nitrogens with one attached hydrogen (secondary N) is 1. The number of benzene rings is 2. The molecule has 154 valence electrons. The lowest BCUT2D eigenvalue weighted by Crippen LogP contribution is -2.30. The zero-order valence-electron chi connectivity index (χ0n) is 17.1. The van der Waals surface area contributed by atoms with Gasteiger partial charge in [0.25, 0.3) is 0 Å². The predicted molar refractivity (Wildman–Crippen MR) is 127 cm³/mol. The van der Waals surface area contributed by atoms with Gasteiger partial charge in [-0.2, -0.15) is 0 Å². The molecule has 0 unspecified atom stereocenters. The van der Waals surface area contributed by atoms with Crippen molar-refractivity contribution in [1.82, 2.24) is 14.9 Å². The van der Waals surface area contributed by atoms with E-state index in [1.165, 1.54) is 0 Å². The molecule has 6 heteroatoms. The molecule has 0 saturated carbocycles. The lowest BCUT2D eigenvalue weighted by molar-refractivity contribution is 0.414. The van der Waals surface area contributed by atoms with Crippen molar-refractivity contribution in [2.24, 2.45) is 0 Å². The normalized spacial score (nSPS) is 18.1. The Morgan fingerprint density at radius 2 is 1.68 bits per heavy atom. The van der Waals surface area contributed by atoms with Crippen LogP contribution >= 0.6 is 12.2 Å². The highest BCUT2D eigenvalue weighted by molar-refractivity contribution is 7.80. The van der Waals surface area contributed by atoms with Gasteiger partial charge in [-0.1, -0.05) is 36.4 Å². The highest BCUT2D eigenvalue weighted by Crippen LogP contribution is 2.44. The van der Waals surface area contributed by atoms with Crippen LogP contribution < -0.4 is 15.0 Å². The van der Waals surface area contributed by atoms with Crippen molar-refractivity contribution in [2.45, 2.75) is 12.1 Å². The molecule has 1 aliphatic heterocycles. The Morgan fingerprint density at radius 3 is 2.45 bits per heavy atom. The Labute approximate surface area is 186 Å². The van der Waals surface area contributed by atoms with Gasteiger partial charge in [0.2, 0.25) is 0 Å². The van der Waals surface area contributed by atoms with E-state index < -0.39 is 0 Å². The Morgan fingerprint density at radius 1 is 0.903 bits per heavy atom. The first-order chi connectivity index (χ1) is 15.3. The fraction of sp³-hybridized carbons (Fsp3) is 0.120. The highest BCUT2D eigenvalue weighted by atomic mass is 32.1. The highest BCUT2D eigenvalue weighted by Gasteiger charge is 2.43. The van der Waals surface area contributed by atoms with E-state index in [-0.39, 0.29) is 12.1 Å². The van der Waals surface area contributed by atoms with Crippen molar-refractivity contribution in [2.75, 3.05) is 12.0 Å². The zero-order valence-corrected chi connectivity index (χ0v) is 17.9. The molecule has 1 aliphatic rings. The molecule has 0 amide bonds. The van der Waals surface area contributed by atoms with Gasteiger partial charge < -0.3 is 19.5 Å². The van der Waals surface area contributed by atoms with E-state index >= 15 is 0 Å². The van der Waals surface area contributed by atoms with Crippen LogP contribution in [-0.4, -0.2) is 21.8 Å². The summed E-state index contributed by atoms with van der Waals surface area (Å²) >= 11 is 5.84. The SMILES string of the molecule is COc1ccccc1N1C(=S)N[C@@H](c2ccccn2)[C@H]1c1cccn1-c1ccccc1. The van der Waals surface area contributed by atoms with Crippen LogP contribution in [0.1, 0.15) is 23.5 Å². The molecule has 2 aromatic heterocycles. The van der Waals surface area contributed by atoms with Crippen LogP contribution in [-0.2, 0) is 0 Å². The third-order valence-electron chi connectivity index (χ3n) is 5.56. The number of nitrogens with zero attached hydrogens (tertiary/aromatic N) is 3. The molecule has 1 fully saturated rings. The van der Waals surface area contributed by atoms with Gasteiger partial charge in [0.05, 0.1) is 24.5 Å². The van der Waals surface area contributed by atoms with Gasteiger partial charge in [-0.25, -0.2) is 0 Å². The number of methoxy groups -OCH3 is 1. The first-order valence-corrected chi connectivity index (χ1v) is 10.5. The van der Waals surface area contributed by atoms with Crippen molar-refractivity contribution in [3.63, 3.8) is 0 Å². The molecule has 0 bridgehead atoms. The second-order valence-electron chi connectivity index (χ2n) is 7.31. The summed E-state index contributed by atoms with van der Waals surface area (Å²) in [5, 5.41) is 4.16. The van der Waals surface area contributed by atoms with Crippen LogP contribution in [0.3, 0.4) is 0 Å². The fourth-order valence-corrected chi connectivity index (χ4v) is 4.54. The third kappa shape index (κ3) is 3.45. The molecule has 2 atom stereocenters. The van der Waals surface area contributed by atoms with Gasteiger partial charge >= 0.3 is 0 Å². The smallest absolute Gasteiger partial charge is 0.174 e. The average molecular weight is 427 g/mol. The quantitative estimate of drug-likeness (QED) is 0.452. The van der Waals surface area contributed by atoms with Gasteiger partial charge in [-0.05, 0) is 60.7 Å². The molecule has 0 spiro atoms. The van der Waals surface area contributed by atoms with Crippen LogP contribution in [0.4, 0.5) is 5.69 Å². The average Bonchev–Trinajstić information content (AvgIpc) is 3.44. The number of aromatic nitrogens is 2. The second kappa shape index (κ2) is 8.24. The van der Waals surface area contributed by atoms with Gasteiger partial charge in [0.15, 0.2) is 5.11 Å². The van der Waals surface area contributed by atoms with Crippen LogP contribution in [0.25, 0.3) is 5.69 Å². The molecule has 1 saturated heterocycles. The van der Waals surface area contributed by atoms with Crippen LogP contribution in [0.15, 0.2) is 97.3 Å². The first-order valence-electron chi connectivity index (χ1n) is 10.1.